The fourth-order valence-corrected chi connectivity index (χ4v) is 3.39. The van der Waals surface area contributed by atoms with E-state index in [1.807, 2.05) is 20.8 Å². The van der Waals surface area contributed by atoms with Gasteiger partial charge in [0.05, 0.1) is 18.5 Å². The number of nitrogens with one attached hydrogen (secondary N) is 3. The van der Waals surface area contributed by atoms with Crippen LogP contribution in [0.25, 0.3) is 0 Å². The predicted molar refractivity (Wildman–Crippen MR) is 125 cm³/mol. The first-order valence-electron chi connectivity index (χ1n) is 10.2. The number of nitrogen functional groups attached to an aromatic ring is 1. The smallest absolute Gasteiger partial charge is 0.260 e. The van der Waals surface area contributed by atoms with E-state index in [2.05, 4.69) is 10.0 Å². The third-order valence-corrected chi connectivity index (χ3v) is 5.64. The van der Waals surface area contributed by atoms with E-state index in [-0.39, 0.29) is 17.7 Å². The Morgan fingerprint density at radius 1 is 1.09 bits per heavy atom. The highest BCUT2D eigenvalue weighted by Crippen LogP contribution is 2.33. The minimum atomic E-state index is -3.77. The molecule has 10 heteroatoms. The van der Waals surface area contributed by atoms with Gasteiger partial charge in [-0.3, -0.25) is 14.9 Å². The summed E-state index contributed by atoms with van der Waals surface area (Å²) in [4.78, 5) is 13.0. The van der Waals surface area contributed by atoms with Gasteiger partial charge in [0, 0.05) is 11.3 Å². The second-order valence-corrected chi connectivity index (χ2v) is 9.25. The molecule has 2 aromatic rings. The first kappa shape index (κ1) is 25.0. The molecule has 0 radical (unpaired) electrons. The number of carbonyl (C=O) groups excluding carboxylic acids is 1. The van der Waals surface area contributed by atoms with Crippen LogP contribution in [0.1, 0.15) is 44.9 Å². The molecule has 0 aromatic heterocycles. The number of sulfonamides is 1. The Hall–Kier alpha value is -3.27. The molecule has 32 heavy (non-hydrogen) atoms. The van der Waals surface area contributed by atoms with Gasteiger partial charge in [-0.05, 0) is 69.7 Å². The van der Waals surface area contributed by atoms with E-state index in [4.69, 9.17) is 20.6 Å². The molecule has 1 unspecified atom stereocenters. The fourth-order valence-electron chi connectivity index (χ4n) is 2.82. The maximum absolute atomic E-state index is 13.0. The molecule has 5 N–H and O–H groups in total. The molecular weight excluding hydrogens is 432 g/mol. The van der Waals surface area contributed by atoms with E-state index >= 15 is 0 Å². The Morgan fingerprint density at radius 2 is 1.75 bits per heavy atom. The Labute approximate surface area is 188 Å². The lowest BCUT2D eigenvalue weighted by Gasteiger charge is -2.22. The molecule has 0 saturated carbocycles. The zero-order valence-electron chi connectivity index (χ0n) is 18.6. The molecule has 0 fully saturated rings. The van der Waals surface area contributed by atoms with E-state index in [0.29, 0.717) is 34.9 Å². The topological polar surface area (TPSA) is 144 Å². The number of rotatable bonds is 11. The summed E-state index contributed by atoms with van der Waals surface area (Å²) in [5.41, 5.74) is 7.05. The monoisotopic (exact) mass is 462 g/mol. The average molecular weight is 463 g/mol. The van der Waals surface area contributed by atoms with Crippen molar-refractivity contribution in [3.63, 3.8) is 0 Å². The number of amides is 1. The highest BCUT2D eigenvalue weighted by molar-refractivity contribution is 7.90. The van der Waals surface area contributed by atoms with Crippen LogP contribution in [0.2, 0.25) is 0 Å². The molecule has 0 bridgehead atoms. The average Bonchev–Trinajstić information content (AvgIpc) is 2.73. The van der Waals surface area contributed by atoms with Crippen molar-refractivity contribution in [1.29, 1.82) is 5.41 Å². The van der Waals surface area contributed by atoms with E-state index in [1.165, 1.54) is 6.92 Å². The Kier molecular flexibility index (Phi) is 8.48. The minimum Gasteiger partial charge on any atom is -0.490 e. The lowest BCUT2D eigenvalue weighted by Crippen LogP contribution is -2.38. The van der Waals surface area contributed by atoms with Gasteiger partial charge in [-0.25, -0.2) is 8.42 Å². The van der Waals surface area contributed by atoms with Crippen molar-refractivity contribution < 1.29 is 22.7 Å². The summed E-state index contributed by atoms with van der Waals surface area (Å²) in [6, 6.07) is 10.6. The third kappa shape index (κ3) is 6.88. The first-order valence-corrected chi connectivity index (χ1v) is 11.9. The highest BCUT2D eigenvalue weighted by Gasteiger charge is 2.26. The van der Waals surface area contributed by atoms with Crippen LogP contribution in [0.5, 0.6) is 11.5 Å². The lowest BCUT2D eigenvalue weighted by molar-refractivity contribution is -0.120. The summed E-state index contributed by atoms with van der Waals surface area (Å²) >= 11 is 0. The van der Waals surface area contributed by atoms with E-state index in [1.54, 1.807) is 42.5 Å². The third-order valence-electron chi connectivity index (χ3n) is 4.37. The number of carbonyl (C=O) groups is 1. The molecule has 0 heterocycles. The fraction of sp³-hybridized carbons (Fsp3) is 0.364. The molecule has 2 rings (SSSR count). The largest absolute Gasteiger partial charge is 0.490 e. The Morgan fingerprint density at radius 3 is 2.28 bits per heavy atom. The van der Waals surface area contributed by atoms with Crippen molar-refractivity contribution in [3.8, 4) is 11.5 Å². The first-order chi connectivity index (χ1) is 15.1. The molecule has 174 valence electrons. The van der Waals surface area contributed by atoms with Crippen LogP contribution < -0.4 is 25.2 Å². The molecular formula is C22H30N4O5S. The van der Waals surface area contributed by atoms with Crippen LogP contribution in [0, 0.1) is 5.41 Å². The number of nitrogens with two attached hydrogens (primary N) is 1. The maximum atomic E-state index is 13.0. The number of hydrogen-bond donors (Lipinski definition) is 4. The van der Waals surface area contributed by atoms with Crippen LogP contribution in [0.3, 0.4) is 0 Å². The summed E-state index contributed by atoms with van der Waals surface area (Å²) in [5, 5.41) is 10.6. The lowest BCUT2D eigenvalue weighted by atomic mass is 10.0. The van der Waals surface area contributed by atoms with Gasteiger partial charge in [0.2, 0.25) is 10.0 Å². The van der Waals surface area contributed by atoms with Gasteiger partial charge in [0.25, 0.3) is 5.91 Å². The van der Waals surface area contributed by atoms with E-state index in [9.17, 15) is 13.2 Å². The van der Waals surface area contributed by atoms with Crippen molar-refractivity contribution in [3.05, 3.63) is 53.6 Å². The Balaban J connectivity index is 2.46. The van der Waals surface area contributed by atoms with Gasteiger partial charge < -0.3 is 20.5 Å². The zero-order chi connectivity index (χ0) is 23.9. The summed E-state index contributed by atoms with van der Waals surface area (Å²) in [6.45, 7) is 7.45. The normalized spacial score (nSPS) is 12.2. The van der Waals surface area contributed by atoms with Crippen molar-refractivity contribution in [2.24, 2.45) is 5.73 Å². The molecule has 2 aromatic carbocycles. The second-order valence-electron chi connectivity index (χ2n) is 7.24. The van der Waals surface area contributed by atoms with Crippen molar-refractivity contribution >= 4 is 27.5 Å². The number of hydrogen-bond acceptors (Lipinski definition) is 7. The van der Waals surface area contributed by atoms with Gasteiger partial charge in [0.1, 0.15) is 11.9 Å². The van der Waals surface area contributed by atoms with Gasteiger partial charge in [-0.15, -0.1) is 0 Å². The van der Waals surface area contributed by atoms with Crippen LogP contribution in [-0.4, -0.2) is 38.6 Å². The van der Waals surface area contributed by atoms with Gasteiger partial charge in [-0.2, -0.15) is 0 Å². The quantitative estimate of drug-likeness (QED) is 0.297. The van der Waals surface area contributed by atoms with Gasteiger partial charge >= 0.3 is 0 Å². The molecule has 9 nitrogen and oxygen atoms in total. The molecule has 0 saturated heterocycles. The summed E-state index contributed by atoms with van der Waals surface area (Å²) in [5.74, 6) is -0.0748. The van der Waals surface area contributed by atoms with E-state index in [0.717, 1.165) is 0 Å². The van der Waals surface area contributed by atoms with Gasteiger partial charge in [0.15, 0.2) is 11.5 Å². The van der Waals surface area contributed by atoms with Crippen LogP contribution in [0.4, 0.5) is 5.69 Å². The second kappa shape index (κ2) is 10.9. The number of amidine groups is 1. The van der Waals surface area contributed by atoms with Crippen LogP contribution in [-0.2, 0) is 14.8 Å². The molecule has 1 amide bonds. The van der Waals surface area contributed by atoms with Gasteiger partial charge in [-0.1, -0.05) is 6.07 Å². The molecule has 0 aliphatic rings. The molecule has 1 atom stereocenters. The summed E-state index contributed by atoms with van der Waals surface area (Å²) in [6.07, 6.45) is -0.0771. The Bertz CT molecular complexity index is 1050. The molecule has 0 spiro atoms. The van der Waals surface area contributed by atoms with E-state index < -0.39 is 22.0 Å². The SMILES string of the molecule is CCOc1cc(C(Nc2ccc(C(=N)N)cc2)C(=O)NS(=O)(=O)CC)ccc1OC(C)C. The highest BCUT2D eigenvalue weighted by atomic mass is 32.2. The van der Waals surface area contributed by atoms with Crippen molar-refractivity contribution in [1.82, 2.24) is 4.72 Å². The van der Waals surface area contributed by atoms with Crippen molar-refractivity contribution in [2.45, 2.75) is 39.8 Å². The minimum absolute atomic E-state index is 0.0771. The number of anilines is 1. The summed E-state index contributed by atoms with van der Waals surface area (Å²) in [7, 11) is -3.77. The maximum Gasteiger partial charge on any atom is 0.260 e. The zero-order valence-corrected chi connectivity index (χ0v) is 19.5. The summed E-state index contributed by atoms with van der Waals surface area (Å²) < 4.78 is 37.6. The van der Waals surface area contributed by atoms with Crippen molar-refractivity contribution in [2.75, 3.05) is 17.7 Å². The number of ether oxygens (including phenoxy) is 2. The predicted octanol–water partition coefficient (Wildman–Crippen LogP) is 2.78. The van der Waals surface area contributed by atoms with Crippen LogP contribution >= 0.6 is 0 Å². The number of benzene rings is 2. The molecule has 0 aliphatic heterocycles. The van der Waals surface area contributed by atoms with Crippen LogP contribution in [0.15, 0.2) is 42.5 Å². The standard InChI is InChI=1S/C22H30N4O5S/c1-5-30-19-13-16(9-12-18(19)31-14(3)4)20(22(27)26-32(28,29)6-2)25-17-10-7-15(8-11-17)21(23)24/h7-14,20,25H,5-6H2,1-4H3,(H3,23,24)(H,26,27). The molecule has 0 aliphatic carbocycles.